The maximum absolute atomic E-state index is 13.7. The van der Waals surface area contributed by atoms with Crippen LogP contribution in [0.2, 0.25) is 0 Å². The molecule has 1 atom stereocenters. The molecule has 9 heteroatoms. The molecule has 3 amide bonds. The van der Waals surface area contributed by atoms with Crippen LogP contribution in [0, 0.1) is 0 Å². The molecule has 1 aromatic heterocycles. The molecule has 2 aromatic carbocycles. The zero-order chi connectivity index (χ0) is 24.5. The van der Waals surface area contributed by atoms with Crippen molar-refractivity contribution >= 4 is 23.4 Å². The van der Waals surface area contributed by atoms with Gasteiger partial charge in [-0.25, -0.2) is 0 Å². The Bertz CT molecular complexity index is 1310. The van der Waals surface area contributed by atoms with Gasteiger partial charge in [0.2, 0.25) is 5.91 Å². The maximum Gasteiger partial charge on any atom is 0.264 e. The molecule has 0 spiro atoms. The van der Waals surface area contributed by atoms with Crippen molar-refractivity contribution in [3.63, 3.8) is 0 Å². The first-order valence-electron chi connectivity index (χ1n) is 11.2. The SMILES string of the molecule is COc1ccc2c(c1OC)C(=O)N1c3ccccc3C(=O)N(CCC(=O)NCc3ccccn3)[C@H]21. The first kappa shape index (κ1) is 22.4. The summed E-state index contributed by atoms with van der Waals surface area (Å²) >= 11 is 0. The predicted molar refractivity (Wildman–Crippen MR) is 127 cm³/mol. The summed E-state index contributed by atoms with van der Waals surface area (Å²) < 4.78 is 10.9. The van der Waals surface area contributed by atoms with Crippen molar-refractivity contribution in [2.24, 2.45) is 0 Å². The minimum absolute atomic E-state index is 0.0713. The molecule has 0 bridgehead atoms. The molecule has 0 radical (unpaired) electrons. The zero-order valence-corrected chi connectivity index (χ0v) is 19.4. The van der Waals surface area contributed by atoms with Crippen LogP contribution < -0.4 is 19.7 Å². The monoisotopic (exact) mass is 472 g/mol. The number of anilines is 1. The number of nitrogens with zero attached hydrogens (tertiary/aromatic N) is 3. The topological polar surface area (TPSA) is 101 Å². The van der Waals surface area contributed by atoms with E-state index < -0.39 is 6.17 Å². The molecule has 0 saturated heterocycles. The largest absolute Gasteiger partial charge is 0.493 e. The van der Waals surface area contributed by atoms with E-state index in [2.05, 4.69) is 10.3 Å². The molecule has 5 rings (SSSR count). The average molecular weight is 473 g/mol. The Morgan fingerprint density at radius 3 is 2.54 bits per heavy atom. The summed E-state index contributed by atoms with van der Waals surface area (Å²) in [4.78, 5) is 47.2. The number of para-hydroxylation sites is 1. The average Bonchev–Trinajstić information content (AvgIpc) is 3.19. The summed E-state index contributed by atoms with van der Waals surface area (Å²) in [5.41, 5.74) is 2.66. The van der Waals surface area contributed by atoms with Crippen LogP contribution in [0.5, 0.6) is 11.5 Å². The van der Waals surface area contributed by atoms with Crippen molar-refractivity contribution in [3.8, 4) is 11.5 Å². The van der Waals surface area contributed by atoms with Gasteiger partial charge in [0.25, 0.3) is 11.8 Å². The molecular formula is C26H24N4O5. The number of hydrogen-bond donors (Lipinski definition) is 1. The number of nitrogens with one attached hydrogen (secondary N) is 1. The van der Waals surface area contributed by atoms with E-state index in [1.54, 1.807) is 52.4 Å². The minimum atomic E-state index is -0.691. The number of fused-ring (bicyclic) bond motifs is 5. The lowest BCUT2D eigenvalue weighted by Crippen LogP contribution is -2.49. The van der Waals surface area contributed by atoms with Gasteiger partial charge in [0, 0.05) is 24.7 Å². The highest BCUT2D eigenvalue weighted by atomic mass is 16.5. The van der Waals surface area contributed by atoms with Gasteiger partial charge >= 0.3 is 0 Å². The molecule has 0 fully saturated rings. The Morgan fingerprint density at radius 1 is 1.00 bits per heavy atom. The van der Waals surface area contributed by atoms with Crippen molar-refractivity contribution in [1.29, 1.82) is 0 Å². The fraction of sp³-hybridized carbons (Fsp3) is 0.231. The molecule has 3 heterocycles. The number of carbonyl (C=O) groups excluding carboxylic acids is 3. The Balaban J connectivity index is 1.46. The van der Waals surface area contributed by atoms with Crippen molar-refractivity contribution in [3.05, 3.63) is 83.2 Å². The second kappa shape index (κ2) is 9.09. The lowest BCUT2D eigenvalue weighted by atomic mass is 10.0. The van der Waals surface area contributed by atoms with E-state index in [9.17, 15) is 14.4 Å². The number of carbonyl (C=O) groups is 3. The molecule has 0 unspecified atom stereocenters. The van der Waals surface area contributed by atoms with Gasteiger partial charge in [0.1, 0.15) is 6.17 Å². The van der Waals surface area contributed by atoms with Crippen LogP contribution in [0.15, 0.2) is 60.8 Å². The highest BCUT2D eigenvalue weighted by Crippen LogP contribution is 2.49. The summed E-state index contributed by atoms with van der Waals surface area (Å²) in [7, 11) is 2.98. The third-order valence-electron chi connectivity index (χ3n) is 6.26. The van der Waals surface area contributed by atoms with Crippen molar-refractivity contribution < 1.29 is 23.9 Å². The quantitative estimate of drug-likeness (QED) is 0.568. The molecule has 3 aromatic rings. The molecule has 2 aliphatic heterocycles. The van der Waals surface area contributed by atoms with Crippen molar-refractivity contribution in [2.45, 2.75) is 19.1 Å². The van der Waals surface area contributed by atoms with Gasteiger partial charge in [-0.3, -0.25) is 24.3 Å². The van der Waals surface area contributed by atoms with Crippen molar-refractivity contribution in [1.82, 2.24) is 15.2 Å². The highest BCUT2D eigenvalue weighted by Gasteiger charge is 2.49. The number of benzene rings is 2. The maximum atomic E-state index is 13.7. The number of pyridine rings is 1. The molecule has 0 saturated carbocycles. The van der Waals surface area contributed by atoms with Crippen LogP contribution in [0.25, 0.3) is 0 Å². The smallest absolute Gasteiger partial charge is 0.264 e. The first-order chi connectivity index (χ1) is 17.0. The van der Waals surface area contributed by atoms with Crippen LogP contribution in [-0.4, -0.2) is 48.4 Å². The van der Waals surface area contributed by atoms with Gasteiger partial charge in [0.05, 0.1) is 43.3 Å². The number of aromatic nitrogens is 1. The van der Waals surface area contributed by atoms with Gasteiger partial charge in [-0.05, 0) is 30.3 Å². The summed E-state index contributed by atoms with van der Waals surface area (Å²) in [6, 6.07) is 16.0. The number of hydrogen-bond acceptors (Lipinski definition) is 6. The molecule has 1 N–H and O–H groups in total. The zero-order valence-electron chi connectivity index (χ0n) is 19.4. The third kappa shape index (κ3) is 3.74. The fourth-order valence-corrected chi connectivity index (χ4v) is 4.65. The number of rotatable bonds is 7. The van der Waals surface area contributed by atoms with Crippen molar-refractivity contribution in [2.75, 3.05) is 25.7 Å². The lowest BCUT2D eigenvalue weighted by Gasteiger charge is -2.40. The summed E-state index contributed by atoms with van der Waals surface area (Å²) in [6.07, 6.45) is 1.04. The van der Waals surface area contributed by atoms with Crippen LogP contribution >= 0.6 is 0 Å². The van der Waals surface area contributed by atoms with Crippen LogP contribution in [0.1, 0.15) is 44.6 Å². The number of ether oxygens (including phenoxy) is 2. The number of methoxy groups -OCH3 is 2. The Labute approximate surface area is 202 Å². The normalized spacial score (nSPS) is 15.9. The standard InChI is InChI=1S/C26H24N4O5/c1-34-20-11-10-18-22(23(20)35-2)26(33)30-19-9-4-3-8-17(19)25(32)29(24(18)30)14-12-21(31)28-15-16-7-5-6-13-27-16/h3-11,13,24H,12,14-15H2,1-2H3,(H,28,31)/t24-/m0/s1. The van der Waals surface area contributed by atoms with Gasteiger partial charge < -0.3 is 19.7 Å². The molecule has 2 aliphatic rings. The summed E-state index contributed by atoms with van der Waals surface area (Å²) in [5.74, 6) is 0.00715. The van der Waals surface area contributed by atoms with E-state index >= 15 is 0 Å². The Hall–Kier alpha value is -4.40. The van der Waals surface area contributed by atoms with E-state index in [0.29, 0.717) is 40.4 Å². The van der Waals surface area contributed by atoms with E-state index in [1.165, 1.54) is 14.2 Å². The second-order valence-corrected chi connectivity index (χ2v) is 8.18. The lowest BCUT2D eigenvalue weighted by molar-refractivity contribution is -0.121. The second-order valence-electron chi connectivity index (χ2n) is 8.18. The van der Waals surface area contributed by atoms with Gasteiger partial charge in [-0.2, -0.15) is 0 Å². The molecule has 9 nitrogen and oxygen atoms in total. The van der Waals surface area contributed by atoms with Crippen LogP contribution in [0.3, 0.4) is 0 Å². The van der Waals surface area contributed by atoms with E-state index in [0.717, 1.165) is 5.69 Å². The predicted octanol–water partition coefficient (Wildman–Crippen LogP) is 2.92. The Morgan fingerprint density at radius 2 is 1.80 bits per heavy atom. The molecular weight excluding hydrogens is 448 g/mol. The summed E-state index contributed by atoms with van der Waals surface area (Å²) in [5, 5.41) is 2.84. The molecule has 178 valence electrons. The minimum Gasteiger partial charge on any atom is -0.493 e. The Kier molecular flexibility index (Phi) is 5.82. The van der Waals surface area contributed by atoms with Gasteiger partial charge in [-0.1, -0.05) is 24.3 Å². The van der Waals surface area contributed by atoms with Crippen LogP contribution in [-0.2, 0) is 11.3 Å². The van der Waals surface area contributed by atoms with E-state index in [4.69, 9.17) is 9.47 Å². The van der Waals surface area contributed by atoms with Crippen LogP contribution in [0.4, 0.5) is 5.69 Å². The molecule has 35 heavy (non-hydrogen) atoms. The molecule has 0 aliphatic carbocycles. The third-order valence-corrected chi connectivity index (χ3v) is 6.26. The highest BCUT2D eigenvalue weighted by molar-refractivity contribution is 6.18. The first-order valence-corrected chi connectivity index (χ1v) is 11.2. The van der Waals surface area contributed by atoms with E-state index in [-0.39, 0.29) is 30.7 Å². The summed E-state index contributed by atoms with van der Waals surface area (Å²) in [6.45, 7) is 0.424. The fourth-order valence-electron chi connectivity index (χ4n) is 4.65. The number of amides is 3. The van der Waals surface area contributed by atoms with E-state index in [1.807, 2.05) is 18.2 Å². The van der Waals surface area contributed by atoms with Gasteiger partial charge in [0.15, 0.2) is 11.5 Å². The van der Waals surface area contributed by atoms with Gasteiger partial charge in [-0.15, -0.1) is 0 Å².